The molecule has 0 atom stereocenters. The van der Waals surface area contributed by atoms with Gasteiger partial charge < -0.3 is 5.32 Å². The van der Waals surface area contributed by atoms with Gasteiger partial charge in [0.05, 0.1) is 11.8 Å². The average molecular weight is 175 g/mol. The first-order valence-corrected chi connectivity index (χ1v) is 3.17. The standard InChI is InChI=1S/C7H6F3N2/c1-11-6-5(7(8,9)10)3-2-4-12-6/h2-3H,1H3,(H,11,12). The van der Waals surface area contributed by atoms with Crippen molar-refractivity contribution in [3.8, 4) is 0 Å². The van der Waals surface area contributed by atoms with Crippen LogP contribution in [0.25, 0.3) is 0 Å². The number of nitrogens with zero attached hydrogens (tertiary/aromatic N) is 1. The van der Waals surface area contributed by atoms with Crippen molar-refractivity contribution in [2.24, 2.45) is 0 Å². The summed E-state index contributed by atoms with van der Waals surface area (Å²) in [5.41, 5.74) is -0.774. The van der Waals surface area contributed by atoms with Crippen LogP contribution in [0.3, 0.4) is 0 Å². The molecule has 0 saturated heterocycles. The third-order valence-electron chi connectivity index (χ3n) is 1.30. The van der Waals surface area contributed by atoms with Crippen molar-refractivity contribution in [1.82, 2.24) is 4.98 Å². The normalized spacial score (nSPS) is 11.3. The van der Waals surface area contributed by atoms with Crippen molar-refractivity contribution in [2.45, 2.75) is 6.18 Å². The Morgan fingerprint density at radius 1 is 1.50 bits per heavy atom. The molecule has 0 saturated carbocycles. The fourth-order valence-corrected chi connectivity index (χ4v) is 0.781. The smallest absolute Gasteiger partial charge is 0.373 e. The summed E-state index contributed by atoms with van der Waals surface area (Å²) in [6.07, 6.45) is -2.05. The molecule has 5 heteroatoms. The number of halogens is 3. The van der Waals surface area contributed by atoms with Gasteiger partial charge in [-0.3, -0.25) is 0 Å². The summed E-state index contributed by atoms with van der Waals surface area (Å²) in [6, 6.07) is 2.06. The summed E-state index contributed by atoms with van der Waals surface area (Å²) < 4.78 is 36.4. The fraction of sp³-hybridized carbons (Fsp3) is 0.286. The third kappa shape index (κ3) is 1.66. The van der Waals surface area contributed by atoms with E-state index >= 15 is 0 Å². The van der Waals surface area contributed by atoms with Gasteiger partial charge >= 0.3 is 6.18 Å². The van der Waals surface area contributed by atoms with Gasteiger partial charge in [0.1, 0.15) is 5.82 Å². The van der Waals surface area contributed by atoms with E-state index in [0.29, 0.717) is 0 Å². The zero-order chi connectivity index (χ0) is 9.19. The molecule has 0 fully saturated rings. The van der Waals surface area contributed by atoms with Crippen molar-refractivity contribution < 1.29 is 13.2 Å². The largest absolute Gasteiger partial charge is 0.419 e. The second-order valence-corrected chi connectivity index (χ2v) is 2.08. The van der Waals surface area contributed by atoms with Gasteiger partial charge in [-0.05, 0) is 12.1 Å². The van der Waals surface area contributed by atoms with Gasteiger partial charge in [0.25, 0.3) is 0 Å². The van der Waals surface area contributed by atoms with Crippen molar-refractivity contribution >= 4 is 5.82 Å². The van der Waals surface area contributed by atoms with Crippen LogP contribution >= 0.6 is 0 Å². The zero-order valence-corrected chi connectivity index (χ0v) is 6.24. The molecule has 0 unspecified atom stereocenters. The highest BCUT2D eigenvalue weighted by Crippen LogP contribution is 2.32. The minimum absolute atomic E-state index is 0.204. The van der Waals surface area contributed by atoms with Crippen LogP contribution in [-0.4, -0.2) is 12.0 Å². The van der Waals surface area contributed by atoms with Crippen molar-refractivity contribution in [2.75, 3.05) is 12.4 Å². The summed E-state index contributed by atoms with van der Waals surface area (Å²) in [7, 11) is 1.38. The summed E-state index contributed by atoms with van der Waals surface area (Å²) >= 11 is 0. The van der Waals surface area contributed by atoms with Gasteiger partial charge in [-0.25, -0.2) is 4.98 Å². The van der Waals surface area contributed by atoms with Crippen molar-refractivity contribution in [3.05, 3.63) is 23.9 Å². The molecule has 1 aromatic heterocycles. The lowest BCUT2D eigenvalue weighted by Gasteiger charge is -2.09. The van der Waals surface area contributed by atoms with Crippen LogP contribution in [0.1, 0.15) is 5.56 Å². The van der Waals surface area contributed by atoms with Gasteiger partial charge in [0.15, 0.2) is 0 Å². The van der Waals surface area contributed by atoms with Crippen LogP contribution in [0, 0.1) is 6.20 Å². The highest BCUT2D eigenvalue weighted by Gasteiger charge is 2.33. The van der Waals surface area contributed by atoms with E-state index in [2.05, 4.69) is 16.5 Å². The molecule has 0 bridgehead atoms. The minimum Gasteiger partial charge on any atom is -0.373 e. The number of alkyl halides is 3. The van der Waals surface area contributed by atoms with E-state index in [1.165, 1.54) is 7.05 Å². The molecular weight excluding hydrogens is 169 g/mol. The van der Waals surface area contributed by atoms with E-state index in [1.54, 1.807) is 0 Å². The minimum atomic E-state index is -4.36. The maximum Gasteiger partial charge on any atom is 0.419 e. The molecule has 1 N–H and O–H groups in total. The Balaban J connectivity index is 3.14. The first-order chi connectivity index (χ1) is 5.55. The van der Waals surface area contributed by atoms with Crippen LogP contribution in [-0.2, 0) is 6.18 Å². The molecule has 2 nitrogen and oxygen atoms in total. The van der Waals surface area contributed by atoms with Crippen LogP contribution in [0.5, 0.6) is 0 Å². The predicted octanol–water partition coefficient (Wildman–Crippen LogP) is 1.94. The topological polar surface area (TPSA) is 24.9 Å². The van der Waals surface area contributed by atoms with E-state index in [0.717, 1.165) is 12.1 Å². The Morgan fingerprint density at radius 3 is 2.58 bits per heavy atom. The molecule has 0 spiro atoms. The molecular formula is C7H6F3N2. The van der Waals surface area contributed by atoms with Crippen LogP contribution in [0.2, 0.25) is 0 Å². The lowest BCUT2D eigenvalue weighted by molar-refractivity contribution is -0.137. The number of nitrogens with one attached hydrogen (secondary N) is 1. The first-order valence-electron chi connectivity index (χ1n) is 3.17. The zero-order valence-electron chi connectivity index (χ0n) is 6.24. The number of hydrogen-bond donors (Lipinski definition) is 1. The molecule has 0 amide bonds. The third-order valence-corrected chi connectivity index (χ3v) is 1.30. The Morgan fingerprint density at radius 2 is 2.17 bits per heavy atom. The highest BCUT2D eigenvalue weighted by atomic mass is 19.4. The SMILES string of the molecule is CNc1n[c]ccc1C(F)(F)F. The molecule has 1 radical (unpaired) electrons. The van der Waals surface area contributed by atoms with E-state index in [4.69, 9.17) is 0 Å². The van der Waals surface area contributed by atoms with Crippen molar-refractivity contribution in [3.63, 3.8) is 0 Å². The molecule has 0 aliphatic carbocycles. The van der Waals surface area contributed by atoms with E-state index in [9.17, 15) is 13.2 Å². The quantitative estimate of drug-likeness (QED) is 0.705. The lowest BCUT2D eigenvalue weighted by atomic mass is 10.2. The Bertz CT molecular complexity index is 270. The second-order valence-electron chi connectivity index (χ2n) is 2.08. The monoisotopic (exact) mass is 175 g/mol. The summed E-state index contributed by atoms with van der Waals surface area (Å²) in [6.45, 7) is 0. The fourth-order valence-electron chi connectivity index (χ4n) is 0.781. The summed E-state index contributed by atoms with van der Waals surface area (Å²) in [4.78, 5) is 3.41. The molecule has 12 heavy (non-hydrogen) atoms. The van der Waals surface area contributed by atoms with Crippen LogP contribution in [0.15, 0.2) is 12.1 Å². The molecule has 0 aliphatic rings. The summed E-state index contributed by atoms with van der Waals surface area (Å²) in [5, 5.41) is 2.34. The predicted molar refractivity (Wildman–Crippen MR) is 37.6 cm³/mol. The second kappa shape index (κ2) is 3.00. The molecule has 1 heterocycles. The van der Waals surface area contributed by atoms with Gasteiger partial charge in [-0.1, -0.05) is 0 Å². The molecule has 1 aromatic rings. The van der Waals surface area contributed by atoms with Crippen LogP contribution < -0.4 is 5.32 Å². The lowest BCUT2D eigenvalue weighted by Crippen LogP contribution is -2.09. The number of hydrogen-bond acceptors (Lipinski definition) is 2. The Hall–Kier alpha value is -1.26. The number of rotatable bonds is 1. The maximum absolute atomic E-state index is 12.1. The van der Waals surface area contributed by atoms with E-state index < -0.39 is 11.7 Å². The summed E-state index contributed by atoms with van der Waals surface area (Å²) in [5.74, 6) is -0.204. The van der Waals surface area contributed by atoms with Gasteiger partial charge in [-0.2, -0.15) is 13.2 Å². The van der Waals surface area contributed by atoms with Crippen LogP contribution in [0.4, 0.5) is 19.0 Å². The van der Waals surface area contributed by atoms with E-state index in [1.807, 2.05) is 0 Å². The first kappa shape index (κ1) is 8.83. The average Bonchev–Trinajstić information content (AvgIpc) is 2.03. The molecule has 0 aliphatic heterocycles. The maximum atomic E-state index is 12.1. The number of anilines is 1. The molecule has 1 rings (SSSR count). The Labute approximate surface area is 67.4 Å². The van der Waals surface area contributed by atoms with E-state index in [-0.39, 0.29) is 5.82 Å². The van der Waals surface area contributed by atoms with Crippen molar-refractivity contribution in [1.29, 1.82) is 0 Å². The molecule has 0 aromatic carbocycles. The number of pyridine rings is 1. The van der Waals surface area contributed by atoms with Gasteiger partial charge in [0.2, 0.25) is 0 Å². The Kier molecular flexibility index (Phi) is 2.21. The van der Waals surface area contributed by atoms with Gasteiger partial charge in [0, 0.05) is 7.05 Å². The highest BCUT2D eigenvalue weighted by molar-refractivity contribution is 5.44. The number of aromatic nitrogens is 1. The molecule has 65 valence electrons. The van der Waals surface area contributed by atoms with Gasteiger partial charge in [-0.15, -0.1) is 0 Å².